The molecular weight excluding hydrogens is 364 g/mol. The number of methoxy groups -OCH3 is 1. The number of nitrogens with one attached hydrogen (secondary N) is 1. The Morgan fingerprint density at radius 3 is 2.61 bits per heavy atom. The zero-order valence-corrected chi connectivity index (χ0v) is 13.9. The normalized spacial score (nSPS) is 10.0. The van der Waals surface area contributed by atoms with Gasteiger partial charge in [0, 0.05) is 15.7 Å². The molecule has 2 rings (SSSR count). The molecule has 0 fully saturated rings. The molecule has 0 aliphatic carbocycles. The maximum Gasteiger partial charge on any atom is 0.255 e. The number of ether oxygens (including phenoxy) is 2. The summed E-state index contributed by atoms with van der Waals surface area (Å²) in [5.74, 6) is -0.204. The number of primary amides is 1. The van der Waals surface area contributed by atoms with Crippen molar-refractivity contribution in [1.29, 1.82) is 0 Å². The van der Waals surface area contributed by atoms with E-state index in [1.54, 1.807) is 24.3 Å². The molecule has 0 saturated heterocycles. The van der Waals surface area contributed by atoms with Crippen LogP contribution < -0.4 is 20.5 Å². The van der Waals surface area contributed by atoms with Crippen LogP contribution >= 0.6 is 15.9 Å². The van der Waals surface area contributed by atoms with Gasteiger partial charge >= 0.3 is 0 Å². The predicted molar refractivity (Wildman–Crippen MR) is 89.8 cm³/mol. The highest BCUT2D eigenvalue weighted by atomic mass is 79.9. The summed E-state index contributed by atoms with van der Waals surface area (Å²) in [5, 5.41) is 2.78. The molecule has 0 aliphatic heterocycles. The van der Waals surface area contributed by atoms with E-state index in [0.717, 1.165) is 4.47 Å². The maximum atomic E-state index is 12.3. The van der Waals surface area contributed by atoms with Crippen LogP contribution in [0.2, 0.25) is 0 Å². The molecule has 0 bridgehead atoms. The van der Waals surface area contributed by atoms with Gasteiger partial charge in [0.15, 0.2) is 18.1 Å². The lowest BCUT2D eigenvalue weighted by atomic mass is 10.2. The van der Waals surface area contributed by atoms with Crippen LogP contribution in [0.4, 0.5) is 5.69 Å². The Kier molecular flexibility index (Phi) is 5.59. The van der Waals surface area contributed by atoms with E-state index in [2.05, 4.69) is 21.2 Å². The molecule has 0 atom stereocenters. The van der Waals surface area contributed by atoms with Crippen LogP contribution in [-0.4, -0.2) is 25.5 Å². The van der Waals surface area contributed by atoms with Gasteiger partial charge in [-0.1, -0.05) is 22.0 Å². The van der Waals surface area contributed by atoms with Gasteiger partial charge in [-0.2, -0.15) is 0 Å². The van der Waals surface area contributed by atoms with E-state index in [1.807, 2.05) is 12.1 Å². The molecule has 6 nitrogen and oxygen atoms in total. The van der Waals surface area contributed by atoms with Gasteiger partial charge < -0.3 is 20.5 Å². The van der Waals surface area contributed by atoms with Gasteiger partial charge in [-0.15, -0.1) is 0 Å². The van der Waals surface area contributed by atoms with Crippen LogP contribution in [-0.2, 0) is 4.79 Å². The van der Waals surface area contributed by atoms with Crippen molar-refractivity contribution >= 4 is 33.4 Å². The van der Waals surface area contributed by atoms with Gasteiger partial charge in [-0.25, -0.2) is 0 Å². The van der Waals surface area contributed by atoms with Gasteiger partial charge in [0.25, 0.3) is 11.8 Å². The molecule has 0 spiro atoms. The molecule has 2 aromatic rings. The standard InChI is InChI=1S/C16H15BrN2O4/c1-22-14-7-10(5-6-13(14)23-9-15(18)20)16(21)19-12-4-2-3-11(17)8-12/h2-8H,9H2,1H3,(H2,18,20)(H,19,21). The van der Waals surface area contributed by atoms with Crippen molar-refractivity contribution in [2.75, 3.05) is 19.0 Å². The minimum absolute atomic E-state index is 0.264. The van der Waals surface area contributed by atoms with Crippen LogP contribution in [0.5, 0.6) is 11.5 Å². The molecule has 0 aliphatic rings. The summed E-state index contributed by atoms with van der Waals surface area (Å²) in [6.45, 7) is -0.264. The van der Waals surface area contributed by atoms with E-state index in [4.69, 9.17) is 15.2 Å². The van der Waals surface area contributed by atoms with Crippen LogP contribution in [0.15, 0.2) is 46.9 Å². The van der Waals surface area contributed by atoms with Crippen molar-refractivity contribution < 1.29 is 19.1 Å². The Balaban J connectivity index is 2.16. The topological polar surface area (TPSA) is 90.7 Å². The molecule has 2 amide bonds. The highest BCUT2D eigenvalue weighted by Crippen LogP contribution is 2.28. The second kappa shape index (κ2) is 7.64. The van der Waals surface area contributed by atoms with Crippen molar-refractivity contribution in [3.05, 3.63) is 52.5 Å². The number of anilines is 1. The minimum Gasteiger partial charge on any atom is -0.493 e. The molecule has 0 unspecified atom stereocenters. The summed E-state index contributed by atoms with van der Waals surface area (Å²) in [7, 11) is 1.45. The summed E-state index contributed by atoms with van der Waals surface area (Å²) >= 11 is 3.34. The van der Waals surface area contributed by atoms with Crippen molar-refractivity contribution in [3.63, 3.8) is 0 Å². The first kappa shape index (κ1) is 16.8. The Hall–Kier alpha value is -2.54. The number of carbonyl (C=O) groups excluding carboxylic acids is 2. The molecule has 120 valence electrons. The highest BCUT2D eigenvalue weighted by Gasteiger charge is 2.12. The van der Waals surface area contributed by atoms with Gasteiger partial charge in [-0.05, 0) is 36.4 Å². The number of rotatable bonds is 6. The molecule has 0 heterocycles. The van der Waals surface area contributed by atoms with E-state index in [-0.39, 0.29) is 12.5 Å². The summed E-state index contributed by atoms with van der Waals surface area (Å²) in [4.78, 5) is 23.0. The zero-order valence-electron chi connectivity index (χ0n) is 12.3. The molecule has 23 heavy (non-hydrogen) atoms. The molecule has 3 N–H and O–H groups in total. The van der Waals surface area contributed by atoms with E-state index in [0.29, 0.717) is 22.7 Å². The molecule has 0 saturated carbocycles. The number of benzene rings is 2. The third kappa shape index (κ3) is 4.72. The molecule has 2 aromatic carbocycles. The molecular formula is C16H15BrN2O4. The van der Waals surface area contributed by atoms with E-state index in [1.165, 1.54) is 13.2 Å². The number of carbonyl (C=O) groups is 2. The van der Waals surface area contributed by atoms with Gasteiger partial charge in [0.05, 0.1) is 7.11 Å². The largest absolute Gasteiger partial charge is 0.493 e. The van der Waals surface area contributed by atoms with Crippen LogP contribution in [0, 0.1) is 0 Å². The fraction of sp³-hybridized carbons (Fsp3) is 0.125. The number of hydrogen-bond donors (Lipinski definition) is 2. The lowest BCUT2D eigenvalue weighted by molar-refractivity contribution is -0.119. The van der Waals surface area contributed by atoms with Crippen LogP contribution in [0.1, 0.15) is 10.4 Å². The Morgan fingerprint density at radius 2 is 1.96 bits per heavy atom. The van der Waals surface area contributed by atoms with Crippen molar-refractivity contribution in [2.24, 2.45) is 5.73 Å². The van der Waals surface area contributed by atoms with Crippen molar-refractivity contribution in [2.45, 2.75) is 0 Å². The van der Waals surface area contributed by atoms with E-state index in [9.17, 15) is 9.59 Å². The number of halogens is 1. The summed E-state index contributed by atoms with van der Waals surface area (Å²) in [6.07, 6.45) is 0. The first-order valence-electron chi connectivity index (χ1n) is 6.65. The zero-order chi connectivity index (χ0) is 16.8. The maximum absolute atomic E-state index is 12.3. The third-order valence-electron chi connectivity index (χ3n) is 2.88. The first-order valence-corrected chi connectivity index (χ1v) is 7.45. The molecule has 7 heteroatoms. The summed E-state index contributed by atoms with van der Waals surface area (Å²) < 4.78 is 11.3. The van der Waals surface area contributed by atoms with Crippen molar-refractivity contribution in [1.82, 2.24) is 0 Å². The Labute approximate surface area is 141 Å². The van der Waals surface area contributed by atoms with Gasteiger partial charge in [0.1, 0.15) is 0 Å². The average molecular weight is 379 g/mol. The highest BCUT2D eigenvalue weighted by molar-refractivity contribution is 9.10. The lowest BCUT2D eigenvalue weighted by Gasteiger charge is -2.11. The SMILES string of the molecule is COc1cc(C(=O)Nc2cccc(Br)c2)ccc1OCC(N)=O. The van der Waals surface area contributed by atoms with Crippen LogP contribution in [0.25, 0.3) is 0 Å². The number of amides is 2. The van der Waals surface area contributed by atoms with Gasteiger partial charge in [0.2, 0.25) is 0 Å². The lowest BCUT2D eigenvalue weighted by Crippen LogP contribution is -2.20. The second-order valence-corrected chi connectivity index (χ2v) is 5.50. The number of hydrogen-bond acceptors (Lipinski definition) is 4. The Morgan fingerprint density at radius 1 is 1.17 bits per heavy atom. The molecule has 0 radical (unpaired) electrons. The summed E-state index contributed by atoms with van der Waals surface area (Å²) in [5.41, 5.74) is 6.10. The molecule has 0 aromatic heterocycles. The minimum atomic E-state index is -0.594. The van der Waals surface area contributed by atoms with Crippen molar-refractivity contribution in [3.8, 4) is 11.5 Å². The smallest absolute Gasteiger partial charge is 0.255 e. The van der Waals surface area contributed by atoms with E-state index < -0.39 is 5.91 Å². The monoisotopic (exact) mass is 378 g/mol. The quantitative estimate of drug-likeness (QED) is 0.807. The summed E-state index contributed by atoms with van der Waals surface area (Å²) in [6, 6.07) is 11.9. The second-order valence-electron chi connectivity index (χ2n) is 4.59. The predicted octanol–water partition coefficient (Wildman–Crippen LogP) is 2.57. The number of nitrogens with two attached hydrogens (primary N) is 1. The third-order valence-corrected chi connectivity index (χ3v) is 3.37. The fourth-order valence-corrected chi connectivity index (χ4v) is 2.25. The van der Waals surface area contributed by atoms with Crippen LogP contribution in [0.3, 0.4) is 0 Å². The fourth-order valence-electron chi connectivity index (χ4n) is 1.85. The average Bonchev–Trinajstić information content (AvgIpc) is 2.52. The van der Waals surface area contributed by atoms with E-state index >= 15 is 0 Å². The first-order chi connectivity index (χ1) is 11.0. The Bertz CT molecular complexity index is 734. The van der Waals surface area contributed by atoms with Gasteiger partial charge in [-0.3, -0.25) is 9.59 Å².